The normalized spacial score (nSPS) is 18.9. The summed E-state index contributed by atoms with van der Waals surface area (Å²) in [6.45, 7) is 2.71. The summed E-state index contributed by atoms with van der Waals surface area (Å²) in [5, 5.41) is 15.9. The first-order valence-electron chi connectivity index (χ1n) is 8.55. The molecule has 0 aromatic heterocycles. The maximum absolute atomic E-state index is 12.1. The van der Waals surface area contributed by atoms with Gasteiger partial charge in [-0.15, -0.1) is 0 Å². The number of fused-ring (bicyclic) bond motifs is 1. The number of hydrogen-bond donors (Lipinski definition) is 3. The van der Waals surface area contributed by atoms with Crippen molar-refractivity contribution >= 4 is 6.03 Å². The molecule has 2 aromatic rings. The van der Waals surface area contributed by atoms with E-state index in [1.807, 2.05) is 24.3 Å². The molecule has 4 nitrogen and oxygen atoms in total. The van der Waals surface area contributed by atoms with Crippen LogP contribution in [-0.4, -0.2) is 23.8 Å². The standard InChI is InChI=1S/C20H24N2O2/c1-2-14-7-9-15(10-8-14)11-12-21-20(24)22-19-17-6-4-3-5-16(17)13-18(19)23/h3-10,18-19,23H,2,11-13H2,1H3,(H2,21,22,24)/t18-,19+/m1/s1. The van der Waals surface area contributed by atoms with Crippen LogP contribution in [0.1, 0.15) is 35.2 Å². The Bertz CT molecular complexity index is 697. The van der Waals surface area contributed by atoms with Gasteiger partial charge in [-0.1, -0.05) is 55.5 Å². The van der Waals surface area contributed by atoms with Crippen molar-refractivity contribution in [1.82, 2.24) is 10.6 Å². The molecule has 0 bridgehead atoms. The molecule has 0 aliphatic heterocycles. The lowest BCUT2D eigenvalue weighted by Crippen LogP contribution is -2.41. The van der Waals surface area contributed by atoms with Crippen LogP contribution in [0.15, 0.2) is 48.5 Å². The highest BCUT2D eigenvalue weighted by molar-refractivity contribution is 5.74. The number of aliphatic hydroxyl groups excluding tert-OH is 1. The third-order valence-corrected chi connectivity index (χ3v) is 4.62. The minimum Gasteiger partial charge on any atom is -0.390 e. The molecule has 3 rings (SSSR count). The van der Waals surface area contributed by atoms with Gasteiger partial charge in [0, 0.05) is 13.0 Å². The van der Waals surface area contributed by atoms with Crippen LogP contribution in [0.2, 0.25) is 0 Å². The van der Waals surface area contributed by atoms with Gasteiger partial charge in [0.2, 0.25) is 0 Å². The number of aliphatic hydroxyl groups is 1. The Morgan fingerprint density at radius 3 is 2.58 bits per heavy atom. The molecule has 2 aromatic carbocycles. The minimum absolute atomic E-state index is 0.235. The van der Waals surface area contributed by atoms with E-state index in [9.17, 15) is 9.90 Å². The molecule has 0 radical (unpaired) electrons. The fraction of sp³-hybridized carbons (Fsp3) is 0.350. The van der Waals surface area contributed by atoms with E-state index in [2.05, 4.69) is 41.8 Å². The lowest BCUT2D eigenvalue weighted by atomic mass is 10.1. The van der Waals surface area contributed by atoms with Gasteiger partial charge in [-0.25, -0.2) is 4.79 Å². The van der Waals surface area contributed by atoms with Crippen molar-refractivity contribution in [3.05, 3.63) is 70.8 Å². The number of carbonyl (C=O) groups excluding carboxylic acids is 1. The molecule has 1 aliphatic carbocycles. The van der Waals surface area contributed by atoms with E-state index < -0.39 is 6.10 Å². The minimum atomic E-state index is -0.560. The van der Waals surface area contributed by atoms with Crippen molar-refractivity contribution in [3.63, 3.8) is 0 Å². The summed E-state index contributed by atoms with van der Waals surface area (Å²) in [5.41, 5.74) is 4.64. The van der Waals surface area contributed by atoms with Gasteiger partial charge in [0.25, 0.3) is 0 Å². The molecule has 0 saturated carbocycles. The predicted molar refractivity (Wildman–Crippen MR) is 95.0 cm³/mol. The predicted octanol–water partition coefficient (Wildman–Crippen LogP) is 2.75. The molecule has 24 heavy (non-hydrogen) atoms. The van der Waals surface area contributed by atoms with E-state index in [4.69, 9.17) is 0 Å². The molecule has 0 heterocycles. The van der Waals surface area contributed by atoms with Gasteiger partial charge in [0.15, 0.2) is 0 Å². The summed E-state index contributed by atoms with van der Waals surface area (Å²) in [6.07, 6.45) is 1.85. The Labute approximate surface area is 142 Å². The first-order valence-corrected chi connectivity index (χ1v) is 8.55. The van der Waals surface area contributed by atoms with E-state index in [1.165, 1.54) is 11.1 Å². The van der Waals surface area contributed by atoms with Gasteiger partial charge >= 0.3 is 6.03 Å². The van der Waals surface area contributed by atoms with Crippen LogP contribution in [0.25, 0.3) is 0 Å². The van der Waals surface area contributed by atoms with Crippen molar-refractivity contribution in [1.29, 1.82) is 0 Å². The second kappa shape index (κ2) is 7.49. The quantitative estimate of drug-likeness (QED) is 0.792. The first-order chi connectivity index (χ1) is 11.7. The molecule has 4 heteroatoms. The molecule has 0 unspecified atom stereocenters. The number of benzene rings is 2. The van der Waals surface area contributed by atoms with E-state index in [0.29, 0.717) is 13.0 Å². The Kier molecular flexibility index (Phi) is 5.16. The molecule has 1 aliphatic rings. The number of hydrogen-bond acceptors (Lipinski definition) is 2. The van der Waals surface area contributed by atoms with Crippen molar-refractivity contribution in [2.24, 2.45) is 0 Å². The summed E-state index contributed by atoms with van der Waals surface area (Å²) in [7, 11) is 0. The van der Waals surface area contributed by atoms with Crippen molar-refractivity contribution in [2.75, 3.05) is 6.54 Å². The van der Waals surface area contributed by atoms with Gasteiger partial charge in [-0.05, 0) is 35.1 Å². The number of nitrogens with one attached hydrogen (secondary N) is 2. The van der Waals surface area contributed by atoms with E-state index in [-0.39, 0.29) is 12.1 Å². The molecule has 126 valence electrons. The monoisotopic (exact) mass is 324 g/mol. The third kappa shape index (κ3) is 3.77. The number of rotatable bonds is 5. The van der Waals surface area contributed by atoms with E-state index >= 15 is 0 Å². The summed E-state index contributed by atoms with van der Waals surface area (Å²) in [6, 6.07) is 15.8. The summed E-state index contributed by atoms with van der Waals surface area (Å²) in [5.74, 6) is 0. The molecule has 2 atom stereocenters. The molecule has 0 spiro atoms. The number of urea groups is 1. The molecule has 2 amide bonds. The molecule has 0 fully saturated rings. The third-order valence-electron chi connectivity index (χ3n) is 4.62. The van der Waals surface area contributed by atoms with Crippen molar-refractivity contribution in [2.45, 2.75) is 38.3 Å². The van der Waals surface area contributed by atoms with Crippen molar-refractivity contribution < 1.29 is 9.90 Å². The van der Waals surface area contributed by atoms with E-state index in [0.717, 1.165) is 24.0 Å². The van der Waals surface area contributed by atoms with E-state index in [1.54, 1.807) is 0 Å². The number of amides is 2. The van der Waals surface area contributed by atoms with Gasteiger partial charge in [-0.3, -0.25) is 0 Å². The summed E-state index contributed by atoms with van der Waals surface area (Å²) < 4.78 is 0. The van der Waals surface area contributed by atoms with Crippen LogP contribution in [0.4, 0.5) is 4.79 Å². The maximum atomic E-state index is 12.1. The van der Waals surface area contributed by atoms with Gasteiger partial charge in [-0.2, -0.15) is 0 Å². The van der Waals surface area contributed by atoms with Crippen LogP contribution >= 0.6 is 0 Å². The highest BCUT2D eigenvalue weighted by atomic mass is 16.3. The Balaban J connectivity index is 1.49. The van der Waals surface area contributed by atoms with Crippen LogP contribution in [0, 0.1) is 0 Å². The Hall–Kier alpha value is -2.33. The smallest absolute Gasteiger partial charge is 0.315 e. The second-order valence-electron chi connectivity index (χ2n) is 6.27. The second-order valence-corrected chi connectivity index (χ2v) is 6.27. The fourth-order valence-electron chi connectivity index (χ4n) is 3.20. The Morgan fingerprint density at radius 2 is 1.83 bits per heavy atom. The average molecular weight is 324 g/mol. The topological polar surface area (TPSA) is 61.4 Å². The van der Waals surface area contributed by atoms with Crippen LogP contribution in [-0.2, 0) is 19.3 Å². The van der Waals surface area contributed by atoms with Crippen LogP contribution in [0.3, 0.4) is 0 Å². The highest BCUT2D eigenvalue weighted by Crippen LogP contribution is 2.30. The number of carbonyl (C=O) groups is 1. The molecular weight excluding hydrogens is 300 g/mol. The molecule has 3 N–H and O–H groups in total. The average Bonchev–Trinajstić information content (AvgIpc) is 2.91. The summed E-state index contributed by atoms with van der Waals surface area (Å²) in [4.78, 5) is 12.1. The zero-order valence-corrected chi connectivity index (χ0v) is 14.0. The van der Waals surface area contributed by atoms with Crippen LogP contribution in [0.5, 0.6) is 0 Å². The lowest BCUT2D eigenvalue weighted by molar-refractivity contribution is 0.142. The maximum Gasteiger partial charge on any atom is 0.315 e. The largest absolute Gasteiger partial charge is 0.390 e. The fourth-order valence-corrected chi connectivity index (χ4v) is 3.20. The van der Waals surface area contributed by atoms with Crippen LogP contribution < -0.4 is 10.6 Å². The van der Waals surface area contributed by atoms with Gasteiger partial charge in [0.05, 0.1) is 12.1 Å². The van der Waals surface area contributed by atoms with Gasteiger partial charge in [0.1, 0.15) is 0 Å². The SMILES string of the molecule is CCc1ccc(CCNC(=O)N[C@H]2c3ccccc3C[C@H]2O)cc1. The zero-order valence-electron chi connectivity index (χ0n) is 14.0. The lowest BCUT2D eigenvalue weighted by Gasteiger charge is -2.18. The van der Waals surface area contributed by atoms with Gasteiger partial charge < -0.3 is 15.7 Å². The molecular formula is C20H24N2O2. The number of aryl methyl sites for hydroxylation is 1. The zero-order chi connectivity index (χ0) is 16.9. The van der Waals surface area contributed by atoms with Crippen molar-refractivity contribution in [3.8, 4) is 0 Å². The summed E-state index contributed by atoms with van der Waals surface area (Å²) >= 11 is 0. The molecule has 0 saturated heterocycles. The Morgan fingerprint density at radius 1 is 1.12 bits per heavy atom. The first kappa shape index (κ1) is 16.5. The highest BCUT2D eigenvalue weighted by Gasteiger charge is 2.31.